The first-order chi connectivity index (χ1) is 8.27. The second-order valence-corrected chi connectivity index (χ2v) is 7.11. The highest BCUT2D eigenvalue weighted by atomic mass is 35.5. The summed E-state index contributed by atoms with van der Waals surface area (Å²) in [5.41, 5.74) is -0.433. The first kappa shape index (κ1) is 15.3. The summed E-state index contributed by atoms with van der Waals surface area (Å²) in [6, 6.07) is 0.445. The molecule has 0 fully saturated rings. The molecule has 0 saturated carbocycles. The number of thiophene rings is 1. The smallest absolute Gasteiger partial charge is 0.300 e. The lowest BCUT2D eigenvalue weighted by atomic mass is 10.3. The second kappa shape index (κ2) is 5.93. The Kier molecular flexibility index (Phi) is 5.05. The van der Waals surface area contributed by atoms with Crippen molar-refractivity contribution in [3.8, 4) is 0 Å². The SMILES string of the molecule is CC(CCO)NS(=O)(=O)c1cc([N+](=O)[O-])c(Cl)s1. The Bertz CT molecular complexity index is 542. The average molecular weight is 315 g/mol. The molecule has 1 rings (SSSR count). The fourth-order valence-corrected chi connectivity index (χ4v) is 4.13. The zero-order chi connectivity index (χ0) is 13.9. The van der Waals surface area contributed by atoms with Crippen LogP contribution in [0.4, 0.5) is 5.69 Å². The lowest BCUT2D eigenvalue weighted by Gasteiger charge is -2.11. The van der Waals surface area contributed by atoms with E-state index in [0.29, 0.717) is 11.3 Å². The number of rotatable bonds is 6. The fraction of sp³-hybridized carbons (Fsp3) is 0.500. The summed E-state index contributed by atoms with van der Waals surface area (Å²) >= 11 is 6.21. The standard InChI is InChI=1S/C8H11ClN2O5S2/c1-5(2-3-12)10-18(15,16)7-4-6(11(13)14)8(9)17-7/h4-5,10,12H,2-3H2,1H3. The molecule has 0 aliphatic rings. The molecule has 0 saturated heterocycles. The Morgan fingerprint density at radius 2 is 2.28 bits per heavy atom. The van der Waals surface area contributed by atoms with Crippen LogP contribution in [0.3, 0.4) is 0 Å². The molecule has 18 heavy (non-hydrogen) atoms. The van der Waals surface area contributed by atoms with Gasteiger partial charge in [-0.15, -0.1) is 11.3 Å². The molecule has 0 spiro atoms. The van der Waals surface area contributed by atoms with Gasteiger partial charge >= 0.3 is 0 Å². The van der Waals surface area contributed by atoms with Crippen LogP contribution >= 0.6 is 22.9 Å². The topological polar surface area (TPSA) is 110 Å². The van der Waals surface area contributed by atoms with Gasteiger partial charge in [0.15, 0.2) is 4.34 Å². The number of aliphatic hydroxyl groups excluding tert-OH is 1. The van der Waals surface area contributed by atoms with Crippen LogP contribution < -0.4 is 4.72 Å². The molecule has 1 atom stereocenters. The highest BCUT2D eigenvalue weighted by Crippen LogP contribution is 2.36. The third-order valence-electron chi connectivity index (χ3n) is 2.03. The Hall–Kier alpha value is -0.740. The largest absolute Gasteiger partial charge is 0.396 e. The molecule has 0 aromatic carbocycles. The van der Waals surface area contributed by atoms with E-state index in [2.05, 4.69) is 4.72 Å². The van der Waals surface area contributed by atoms with E-state index in [4.69, 9.17) is 16.7 Å². The monoisotopic (exact) mass is 314 g/mol. The normalized spacial score (nSPS) is 13.5. The summed E-state index contributed by atoms with van der Waals surface area (Å²) in [7, 11) is -3.85. The molecule has 1 unspecified atom stereocenters. The van der Waals surface area contributed by atoms with Crippen LogP contribution in [0.15, 0.2) is 10.3 Å². The van der Waals surface area contributed by atoms with E-state index >= 15 is 0 Å². The molecule has 1 aromatic rings. The molecule has 2 N–H and O–H groups in total. The van der Waals surface area contributed by atoms with Gasteiger partial charge in [-0.05, 0) is 13.3 Å². The van der Waals surface area contributed by atoms with Gasteiger partial charge in [-0.1, -0.05) is 11.6 Å². The van der Waals surface area contributed by atoms with Gasteiger partial charge in [-0.25, -0.2) is 13.1 Å². The molecule has 7 nitrogen and oxygen atoms in total. The van der Waals surface area contributed by atoms with Crippen molar-refractivity contribution in [1.82, 2.24) is 4.72 Å². The summed E-state index contributed by atoms with van der Waals surface area (Å²) in [6.07, 6.45) is 0.250. The predicted octanol–water partition coefficient (Wildman–Crippen LogP) is 1.36. The Morgan fingerprint density at radius 3 is 2.72 bits per heavy atom. The average Bonchev–Trinajstić information content (AvgIpc) is 2.60. The van der Waals surface area contributed by atoms with E-state index in [0.717, 1.165) is 6.07 Å². The number of aliphatic hydroxyl groups is 1. The number of sulfonamides is 1. The maximum Gasteiger partial charge on any atom is 0.300 e. The molecule has 0 amide bonds. The van der Waals surface area contributed by atoms with Crippen LogP contribution in [0.1, 0.15) is 13.3 Å². The quantitative estimate of drug-likeness (QED) is 0.608. The van der Waals surface area contributed by atoms with Gasteiger partial charge in [0, 0.05) is 18.7 Å². The van der Waals surface area contributed by atoms with E-state index in [-0.39, 0.29) is 21.6 Å². The van der Waals surface area contributed by atoms with Crippen molar-refractivity contribution in [3.63, 3.8) is 0 Å². The van der Waals surface area contributed by atoms with E-state index in [9.17, 15) is 18.5 Å². The van der Waals surface area contributed by atoms with Crippen LogP contribution in [0.5, 0.6) is 0 Å². The van der Waals surface area contributed by atoms with Gasteiger partial charge < -0.3 is 5.11 Å². The molecule has 0 bridgehead atoms. The highest BCUT2D eigenvalue weighted by Gasteiger charge is 2.26. The van der Waals surface area contributed by atoms with Crippen molar-refractivity contribution in [1.29, 1.82) is 0 Å². The molecule has 1 aromatic heterocycles. The number of nitrogens with zero attached hydrogens (tertiary/aromatic N) is 1. The van der Waals surface area contributed by atoms with Crippen LogP contribution in [0.25, 0.3) is 0 Å². The predicted molar refractivity (Wildman–Crippen MR) is 67.5 cm³/mol. The van der Waals surface area contributed by atoms with Gasteiger partial charge in [-0.2, -0.15) is 0 Å². The molecular weight excluding hydrogens is 304 g/mol. The summed E-state index contributed by atoms with van der Waals surface area (Å²) in [4.78, 5) is 9.83. The third-order valence-corrected chi connectivity index (χ3v) is 5.43. The lowest BCUT2D eigenvalue weighted by molar-refractivity contribution is -0.384. The van der Waals surface area contributed by atoms with Gasteiger partial charge in [0.2, 0.25) is 0 Å². The number of nitrogens with one attached hydrogen (secondary N) is 1. The summed E-state index contributed by atoms with van der Waals surface area (Å²) < 4.78 is 25.6. The third kappa shape index (κ3) is 3.62. The van der Waals surface area contributed by atoms with Gasteiger partial charge in [0.05, 0.1) is 4.92 Å². The zero-order valence-corrected chi connectivity index (χ0v) is 11.7. The summed E-state index contributed by atoms with van der Waals surface area (Å²) in [6.45, 7) is 1.42. The van der Waals surface area contributed by atoms with Crippen molar-refractivity contribution in [2.24, 2.45) is 0 Å². The van der Waals surface area contributed by atoms with E-state index in [1.165, 1.54) is 0 Å². The zero-order valence-electron chi connectivity index (χ0n) is 9.29. The van der Waals surface area contributed by atoms with Gasteiger partial charge in [0.1, 0.15) is 4.21 Å². The molecule has 1 heterocycles. The first-order valence-electron chi connectivity index (χ1n) is 4.85. The Morgan fingerprint density at radius 1 is 1.67 bits per heavy atom. The Labute approximate surface area is 113 Å². The molecule has 0 aliphatic carbocycles. The minimum absolute atomic E-state index is 0.158. The molecule has 10 heteroatoms. The molecule has 0 aliphatic heterocycles. The van der Waals surface area contributed by atoms with E-state index < -0.39 is 26.7 Å². The molecular formula is C8H11ClN2O5S2. The number of nitro groups is 1. The first-order valence-corrected chi connectivity index (χ1v) is 7.52. The van der Waals surface area contributed by atoms with Crippen LogP contribution in [0.2, 0.25) is 4.34 Å². The minimum Gasteiger partial charge on any atom is -0.396 e. The number of hydrogen-bond acceptors (Lipinski definition) is 6. The fourth-order valence-electron chi connectivity index (χ4n) is 1.17. The minimum atomic E-state index is -3.85. The number of hydrogen-bond donors (Lipinski definition) is 2. The van der Waals surface area contributed by atoms with Crippen LogP contribution in [0, 0.1) is 10.1 Å². The van der Waals surface area contributed by atoms with E-state index in [1.54, 1.807) is 6.92 Å². The lowest BCUT2D eigenvalue weighted by Crippen LogP contribution is -2.32. The molecule has 0 radical (unpaired) electrons. The summed E-state index contributed by atoms with van der Waals surface area (Å²) in [5, 5.41) is 19.2. The van der Waals surface area contributed by atoms with E-state index in [1.807, 2.05) is 0 Å². The van der Waals surface area contributed by atoms with Crippen LogP contribution in [-0.2, 0) is 10.0 Å². The van der Waals surface area contributed by atoms with Crippen LogP contribution in [-0.4, -0.2) is 31.1 Å². The van der Waals surface area contributed by atoms with Crippen molar-refractivity contribution in [3.05, 3.63) is 20.5 Å². The van der Waals surface area contributed by atoms with Crippen molar-refractivity contribution < 1.29 is 18.4 Å². The van der Waals surface area contributed by atoms with Gasteiger partial charge in [-0.3, -0.25) is 10.1 Å². The number of halogens is 1. The van der Waals surface area contributed by atoms with Crippen molar-refractivity contribution in [2.45, 2.75) is 23.6 Å². The maximum atomic E-state index is 11.8. The maximum absolute atomic E-state index is 11.8. The van der Waals surface area contributed by atoms with Crippen molar-refractivity contribution >= 4 is 38.6 Å². The van der Waals surface area contributed by atoms with Gasteiger partial charge in [0.25, 0.3) is 15.7 Å². The molecule has 102 valence electrons. The Balaban J connectivity index is 2.99. The summed E-state index contributed by atoms with van der Waals surface area (Å²) in [5.74, 6) is 0. The highest BCUT2D eigenvalue weighted by molar-refractivity contribution is 7.91. The second-order valence-electron chi connectivity index (χ2n) is 3.52. The van der Waals surface area contributed by atoms with Crippen molar-refractivity contribution in [2.75, 3.05) is 6.61 Å².